The first-order chi connectivity index (χ1) is 8.85. The molecule has 0 saturated heterocycles. The second-order valence-electron chi connectivity index (χ2n) is 5.30. The fraction of sp³-hybridized carbons (Fsp3) is 0.500. The fourth-order valence-electron chi connectivity index (χ4n) is 1.70. The number of aliphatic hydroxyl groups is 1. The lowest BCUT2D eigenvalue weighted by atomic mass is 9.88. The van der Waals surface area contributed by atoms with Crippen molar-refractivity contribution in [3.8, 4) is 0 Å². The molecule has 1 aromatic carbocycles. The molecule has 0 fully saturated rings. The highest BCUT2D eigenvalue weighted by Gasteiger charge is 2.19. The molecule has 0 saturated carbocycles. The van der Waals surface area contributed by atoms with Gasteiger partial charge in [0.1, 0.15) is 5.82 Å². The molecule has 0 aliphatic carbocycles. The minimum Gasteiger partial charge on any atom is -0.396 e. The highest BCUT2D eigenvalue weighted by molar-refractivity contribution is 6.31. The van der Waals surface area contributed by atoms with Gasteiger partial charge in [0.2, 0.25) is 0 Å². The molecule has 5 heteroatoms. The number of nitrogens with one attached hydrogen (secondary N) is 1. The Bertz CT molecular complexity index is 449. The van der Waals surface area contributed by atoms with Crippen molar-refractivity contribution in [3.63, 3.8) is 0 Å². The smallest absolute Gasteiger partial charge is 0.251 e. The predicted molar refractivity (Wildman–Crippen MR) is 73.8 cm³/mol. The molecule has 0 radical (unpaired) electrons. The van der Waals surface area contributed by atoms with E-state index < -0.39 is 5.82 Å². The van der Waals surface area contributed by atoms with E-state index in [0.29, 0.717) is 18.5 Å². The van der Waals surface area contributed by atoms with Crippen molar-refractivity contribution in [2.75, 3.05) is 13.2 Å². The molecule has 1 aromatic rings. The number of aliphatic hydroxyl groups excluding tert-OH is 1. The summed E-state index contributed by atoms with van der Waals surface area (Å²) in [4.78, 5) is 11.9. The van der Waals surface area contributed by atoms with Gasteiger partial charge in [-0.2, -0.15) is 0 Å². The number of amides is 1. The van der Waals surface area contributed by atoms with E-state index in [9.17, 15) is 9.18 Å². The molecule has 0 heterocycles. The van der Waals surface area contributed by atoms with E-state index >= 15 is 0 Å². The van der Waals surface area contributed by atoms with Crippen molar-refractivity contribution in [1.29, 1.82) is 0 Å². The van der Waals surface area contributed by atoms with Gasteiger partial charge in [-0.15, -0.1) is 0 Å². The van der Waals surface area contributed by atoms with Gasteiger partial charge in [0.05, 0.1) is 5.02 Å². The van der Waals surface area contributed by atoms with Crippen LogP contribution in [0.5, 0.6) is 0 Å². The number of hydrogen-bond acceptors (Lipinski definition) is 2. The van der Waals surface area contributed by atoms with Gasteiger partial charge in [-0.25, -0.2) is 4.39 Å². The van der Waals surface area contributed by atoms with Crippen LogP contribution in [0.1, 0.15) is 37.0 Å². The van der Waals surface area contributed by atoms with Crippen molar-refractivity contribution < 1.29 is 14.3 Å². The molecule has 0 bridgehead atoms. The van der Waals surface area contributed by atoms with Crippen LogP contribution in [-0.4, -0.2) is 24.2 Å². The molecule has 2 N–H and O–H groups in total. The minimum atomic E-state index is -0.540. The van der Waals surface area contributed by atoms with Gasteiger partial charge in [0, 0.05) is 18.7 Å². The maximum Gasteiger partial charge on any atom is 0.251 e. The van der Waals surface area contributed by atoms with Gasteiger partial charge in [-0.1, -0.05) is 25.4 Å². The molecule has 0 spiro atoms. The van der Waals surface area contributed by atoms with Gasteiger partial charge in [0.25, 0.3) is 5.91 Å². The average Bonchev–Trinajstić information content (AvgIpc) is 2.37. The van der Waals surface area contributed by atoms with Crippen molar-refractivity contribution >= 4 is 17.5 Å². The summed E-state index contributed by atoms with van der Waals surface area (Å²) < 4.78 is 13.0. The maximum atomic E-state index is 13.0. The third-order valence-corrected chi connectivity index (χ3v) is 3.21. The number of rotatable bonds is 6. The molecule has 3 nitrogen and oxygen atoms in total. The van der Waals surface area contributed by atoms with E-state index in [1.807, 2.05) is 13.8 Å². The standard InChI is InChI=1S/C14H19ClFNO2/c1-14(2,6-3-7-18)9-17-13(19)10-4-5-12(16)11(15)8-10/h4-5,8,18H,3,6-7,9H2,1-2H3,(H,17,19). The van der Waals surface area contributed by atoms with Crippen LogP contribution < -0.4 is 5.32 Å². The maximum absolute atomic E-state index is 13.0. The zero-order valence-corrected chi connectivity index (χ0v) is 11.9. The first-order valence-corrected chi connectivity index (χ1v) is 6.57. The Labute approximate surface area is 117 Å². The Balaban J connectivity index is 2.57. The van der Waals surface area contributed by atoms with Gasteiger partial charge in [-0.3, -0.25) is 4.79 Å². The molecule has 106 valence electrons. The average molecular weight is 288 g/mol. The second-order valence-corrected chi connectivity index (χ2v) is 5.71. The molecule has 0 unspecified atom stereocenters. The lowest BCUT2D eigenvalue weighted by molar-refractivity contribution is 0.0933. The number of benzene rings is 1. The third-order valence-electron chi connectivity index (χ3n) is 2.92. The van der Waals surface area contributed by atoms with E-state index in [2.05, 4.69) is 5.32 Å². The van der Waals surface area contributed by atoms with Crippen LogP contribution in [0.15, 0.2) is 18.2 Å². The summed E-state index contributed by atoms with van der Waals surface area (Å²) in [7, 11) is 0. The topological polar surface area (TPSA) is 49.3 Å². The van der Waals surface area contributed by atoms with Gasteiger partial charge in [0.15, 0.2) is 0 Å². The summed E-state index contributed by atoms with van der Waals surface area (Å²) in [5.41, 5.74) is 0.242. The molecular weight excluding hydrogens is 269 g/mol. The van der Waals surface area contributed by atoms with Crippen molar-refractivity contribution in [2.24, 2.45) is 5.41 Å². The van der Waals surface area contributed by atoms with E-state index in [-0.39, 0.29) is 23.0 Å². The van der Waals surface area contributed by atoms with Gasteiger partial charge < -0.3 is 10.4 Å². The highest BCUT2D eigenvalue weighted by Crippen LogP contribution is 2.21. The van der Waals surface area contributed by atoms with Crippen LogP contribution in [0.4, 0.5) is 4.39 Å². The monoisotopic (exact) mass is 287 g/mol. The Morgan fingerprint density at radius 3 is 2.74 bits per heavy atom. The Morgan fingerprint density at radius 1 is 1.47 bits per heavy atom. The van der Waals surface area contributed by atoms with Crippen molar-refractivity contribution in [3.05, 3.63) is 34.6 Å². The number of carbonyl (C=O) groups excluding carboxylic acids is 1. The Hall–Kier alpha value is -1.13. The van der Waals surface area contributed by atoms with E-state index in [0.717, 1.165) is 6.42 Å². The van der Waals surface area contributed by atoms with Crippen LogP contribution in [0.3, 0.4) is 0 Å². The van der Waals surface area contributed by atoms with E-state index in [4.69, 9.17) is 16.7 Å². The van der Waals surface area contributed by atoms with Crippen LogP contribution in [-0.2, 0) is 0 Å². The lowest BCUT2D eigenvalue weighted by Gasteiger charge is -2.24. The molecule has 0 aliphatic heterocycles. The van der Waals surface area contributed by atoms with E-state index in [1.54, 1.807) is 0 Å². The summed E-state index contributed by atoms with van der Waals surface area (Å²) in [6.45, 7) is 4.66. The van der Waals surface area contributed by atoms with Crippen molar-refractivity contribution in [2.45, 2.75) is 26.7 Å². The first-order valence-electron chi connectivity index (χ1n) is 6.20. The van der Waals surface area contributed by atoms with Crippen LogP contribution in [0.25, 0.3) is 0 Å². The van der Waals surface area contributed by atoms with E-state index in [1.165, 1.54) is 18.2 Å². The summed E-state index contributed by atoms with van der Waals surface area (Å²) in [5, 5.41) is 11.5. The zero-order chi connectivity index (χ0) is 14.5. The zero-order valence-electron chi connectivity index (χ0n) is 11.2. The summed E-state index contributed by atoms with van der Waals surface area (Å²) in [6.07, 6.45) is 1.51. The molecule has 0 atom stereocenters. The molecule has 0 aromatic heterocycles. The largest absolute Gasteiger partial charge is 0.396 e. The number of halogens is 2. The Kier molecular flexibility index (Phi) is 5.76. The van der Waals surface area contributed by atoms with Crippen LogP contribution >= 0.6 is 11.6 Å². The molecule has 0 aliphatic rings. The second kappa shape index (κ2) is 6.87. The number of hydrogen-bond donors (Lipinski definition) is 2. The fourth-order valence-corrected chi connectivity index (χ4v) is 1.89. The quantitative estimate of drug-likeness (QED) is 0.845. The SMILES string of the molecule is CC(C)(CCCO)CNC(=O)c1ccc(F)c(Cl)c1. The molecule has 1 rings (SSSR count). The normalized spacial score (nSPS) is 11.4. The van der Waals surface area contributed by atoms with Crippen LogP contribution in [0.2, 0.25) is 5.02 Å². The third kappa shape index (κ3) is 5.17. The van der Waals surface area contributed by atoms with Gasteiger partial charge in [-0.05, 0) is 36.5 Å². The first kappa shape index (κ1) is 15.9. The lowest BCUT2D eigenvalue weighted by Crippen LogP contribution is -2.34. The number of carbonyl (C=O) groups is 1. The van der Waals surface area contributed by atoms with Gasteiger partial charge >= 0.3 is 0 Å². The van der Waals surface area contributed by atoms with Crippen LogP contribution in [0, 0.1) is 11.2 Å². The molecule has 19 heavy (non-hydrogen) atoms. The van der Waals surface area contributed by atoms with Crippen molar-refractivity contribution in [1.82, 2.24) is 5.32 Å². The Morgan fingerprint density at radius 2 is 2.16 bits per heavy atom. The highest BCUT2D eigenvalue weighted by atomic mass is 35.5. The predicted octanol–water partition coefficient (Wildman–Crippen LogP) is 3.01. The summed E-state index contributed by atoms with van der Waals surface area (Å²) >= 11 is 5.63. The molecular formula is C14H19ClFNO2. The minimum absolute atomic E-state index is 0.0628. The molecule has 1 amide bonds. The summed E-state index contributed by atoms with van der Waals surface area (Å²) in [5.74, 6) is -0.819. The summed E-state index contributed by atoms with van der Waals surface area (Å²) in [6, 6.07) is 3.89.